The molecule has 6 nitrogen and oxygen atoms in total. The second-order valence-electron chi connectivity index (χ2n) is 5.57. The van der Waals surface area contributed by atoms with Gasteiger partial charge < -0.3 is 11.1 Å². The van der Waals surface area contributed by atoms with Crippen LogP contribution in [0.1, 0.15) is 25.3 Å². The Morgan fingerprint density at radius 3 is 2.86 bits per heavy atom. The number of nitrogens with two attached hydrogens (primary N) is 1. The number of benzene rings is 1. The molecule has 0 aliphatic heterocycles. The van der Waals surface area contributed by atoms with Gasteiger partial charge in [-0.3, -0.25) is 14.9 Å². The Morgan fingerprint density at radius 2 is 2.29 bits per heavy atom. The molecule has 1 unspecified atom stereocenters. The van der Waals surface area contributed by atoms with E-state index in [1.807, 2.05) is 6.92 Å². The zero-order valence-electron chi connectivity index (χ0n) is 11.9. The summed E-state index contributed by atoms with van der Waals surface area (Å²) >= 11 is 0. The van der Waals surface area contributed by atoms with Crippen LogP contribution in [-0.4, -0.2) is 22.9 Å². The van der Waals surface area contributed by atoms with Gasteiger partial charge in [0.05, 0.1) is 10.5 Å². The van der Waals surface area contributed by atoms with E-state index < -0.39 is 4.92 Å². The van der Waals surface area contributed by atoms with Gasteiger partial charge in [0.15, 0.2) is 0 Å². The summed E-state index contributed by atoms with van der Waals surface area (Å²) in [6.07, 6.45) is 5.12. The standard InChI is InChI=1S/C15H19N3O3/c1-15(10-16,12-6-7-12)17-14(19)8-5-11-3-2-4-13(9-11)18(20)21/h2-5,8-9,12H,6-7,10,16H2,1H3,(H,17,19)/b8-5+. The third-order valence-corrected chi connectivity index (χ3v) is 3.82. The molecule has 0 aromatic heterocycles. The van der Waals surface area contributed by atoms with Crippen molar-refractivity contribution in [3.05, 3.63) is 46.0 Å². The van der Waals surface area contributed by atoms with Gasteiger partial charge >= 0.3 is 0 Å². The highest BCUT2D eigenvalue weighted by Crippen LogP contribution is 2.38. The first kappa shape index (κ1) is 15.2. The fourth-order valence-electron chi connectivity index (χ4n) is 2.28. The van der Waals surface area contributed by atoms with Gasteiger partial charge in [-0.05, 0) is 37.3 Å². The molecular weight excluding hydrogens is 270 g/mol. The van der Waals surface area contributed by atoms with Crippen molar-refractivity contribution in [2.45, 2.75) is 25.3 Å². The molecule has 2 rings (SSSR count). The second-order valence-corrected chi connectivity index (χ2v) is 5.57. The van der Waals surface area contributed by atoms with Gasteiger partial charge in [0.2, 0.25) is 5.91 Å². The van der Waals surface area contributed by atoms with Crippen LogP contribution in [0.25, 0.3) is 6.08 Å². The molecule has 0 radical (unpaired) electrons. The number of nitrogens with one attached hydrogen (secondary N) is 1. The molecule has 0 heterocycles. The molecule has 1 aromatic rings. The molecule has 0 bridgehead atoms. The van der Waals surface area contributed by atoms with Crippen molar-refractivity contribution in [2.75, 3.05) is 6.54 Å². The van der Waals surface area contributed by atoms with E-state index in [2.05, 4.69) is 5.32 Å². The number of carbonyl (C=O) groups excluding carboxylic acids is 1. The maximum atomic E-state index is 12.0. The largest absolute Gasteiger partial charge is 0.346 e. The predicted octanol–water partition coefficient (Wildman–Crippen LogP) is 1.85. The van der Waals surface area contributed by atoms with E-state index >= 15 is 0 Å². The molecule has 1 aliphatic rings. The molecule has 0 saturated heterocycles. The monoisotopic (exact) mass is 289 g/mol. The predicted molar refractivity (Wildman–Crippen MR) is 80.5 cm³/mol. The van der Waals surface area contributed by atoms with Crippen LogP contribution in [0.15, 0.2) is 30.3 Å². The number of carbonyl (C=O) groups is 1. The lowest BCUT2D eigenvalue weighted by Gasteiger charge is -2.28. The van der Waals surface area contributed by atoms with Crippen LogP contribution in [-0.2, 0) is 4.79 Å². The van der Waals surface area contributed by atoms with Crippen LogP contribution in [0, 0.1) is 16.0 Å². The summed E-state index contributed by atoms with van der Waals surface area (Å²) in [5.41, 5.74) is 5.99. The highest BCUT2D eigenvalue weighted by molar-refractivity contribution is 5.92. The first-order valence-electron chi connectivity index (χ1n) is 6.89. The van der Waals surface area contributed by atoms with E-state index in [9.17, 15) is 14.9 Å². The van der Waals surface area contributed by atoms with Gasteiger partial charge in [0.1, 0.15) is 0 Å². The topological polar surface area (TPSA) is 98.3 Å². The van der Waals surface area contributed by atoms with Crippen molar-refractivity contribution < 1.29 is 9.72 Å². The molecule has 1 aliphatic carbocycles. The molecule has 3 N–H and O–H groups in total. The quantitative estimate of drug-likeness (QED) is 0.474. The fourth-order valence-corrected chi connectivity index (χ4v) is 2.28. The van der Waals surface area contributed by atoms with Gasteiger partial charge in [-0.15, -0.1) is 0 Å². The van der Waals surface area contributed by atoms with E-state index in [-0.39, 0.29) is 17.1 Å². The Labute approximate surface area is 123 Å². The number of hydrogen-bond acceptors (Lipinski definition) is 4. The summed E-state index contributed by atoms with van der Waals surface area (Å²) in [4.78, 5) is 22.2. The van der Waals surface area contributed by atoms with Crippen LogP contribution in [0.3, 0.4) is 0 Å². The Balaban J connectivity index is 2.01. The Bertz CT molecular complexity index is 581. The zero-order valence-corrected chi connectivity index (χ0v) is 11.9. The average molecular weight is 289 g/mol. The third kappa shape index (κ3) is 3.88. The zero-order chi connectivity index (χ0) is 15.5. The summed E-state index contributed by atoms with van der Waals surface area (Å²) in [6.45, 7) is 2.35. The van der Waals surface area contributed by atoms with Gasteiger partial charge in [0.25, 0.3) is 5.69 Å². The Hall–Kier alpha value is -2.21. The number of non-ortho nitro benzene ring substituents is 1. The number of nitro groups is 1. The van der Waals surface area contributed by atoms with Crippen molar-refractivity contribution in [2.24, 2.45) is 11.7 Å². The first-order chi connectivity index (χ1) is 9.94. The van der Waals surface area contributed by atoms with Gasteiger partial charge in [-0.2, -0.15) is 0 Å². The lowest BCUT2D eigenvalue weighted by Crippen LogP contribution is -2.52. The molecule has 1 saturated carbocycles. The second kappa shape index (κ2) is 6.05. The normalized spacial score (nSPS) is 17.4. The third-order valence-electron chi connectivity index (χ3n) is 3.82. The fraction of sp³-hybridized carbons (Fsp3) is 0.400. The minimum Gasteiger partial charge on any atom is -0.346 e. The van der Waals surface area contributed by atoms with Crippen LogP contribution in [0.4, 0.5) is 5.69 Å². The van der Waals surface area contributed by atoms with Gasteiger partial charge in [0, 0.05) is 24.8 Å². The van der Waals surface area contributed by atoms with Crippen molar-refractivity contribution in [3.8, 4) is 0 Å². The molecular formula is C15H19N3O3. The van der Waals surface area contributed by atoms with Crippen molar-refractivity contribution >= 4 is 17.7 Å². The molecule has 1 fully saturated rings. The lowest BCUT2D eigenvalue weighted by atomic mass is 9.96. The molecule has 0 spiro atoms. The average Bonchev–Trinajstić information content (AvgIpc) is 3.30. The molecule has 1 amide bonds. The van der Waals surface area contributed by atoms with E-state index in [0.717, 1.165) is 12.8 Å². The van der Waals surface area contributed by atoms with E-state index in [4.69, 9.17) is 5.73 Å². The van der Waals surface area contributed by atoms with Crippen molar-refractivity contribution in [3.63, 3.8) is 0 Å². The molecule has 1 aromatic carbocycles. The number of amides is 1. The van der Waals surface area contributed by atoms with Crippen molar-refractivity contribution in [1.29, 1.82) is 0 Å². The highest BCUT2D eigenvalue weighted by atomic mass is 16.6. The number of nitrogens with zero attached hydrogens (tertiary/aromatic N) is 1. The molecule has 1 atom stereocenters. The SMILES string of the molecule is CC(CN)(NC(=O)/C=C/c1cccc([N+](=O)[O-])c1)C1CC1. The minimum atomic E-state index is -0.462. The highest BCUT2D eigenvalue weighted by Gasteiger charge is 2.41. The van der Waals surface area contributed by atoms with Crippen LogP contribution >= 0.6 is 0 Å². The first-order valence-corrected chi connectivity index (χ1v) is 6.89. The summed E-state index contributed by atoms with van der Waals surface area (Å²) in [5.74, 6) is 0.207. The smallest absolute Gasteiger partial charge is 0.270 e. The summed E-state index contributed by atoms with van der Waals surface area (Å²) in [7, 11) is 0. The van der Waals surface area contributed by atoms with Gasteiger partial charge in [-0.25, -0.2) is 0 Å². The maximum absolute atomic E-state index is 12.0. The lowest BCUT2D eigenvalue weighted by molar-refractivity contribution is -0.384. The maximum Gasteiger partial charge on any atom is 0.270 e. The van der Waals surface area contributed by atoms with E-state index in [1.54, 1.807) is 18.2 Å². The van der Waals surface area contributed by atoms with Crippen LogP contribution in [0.5, 0.6) is 0 Å². The summed E-state index contributed by atoms with van der Waals surface area (Å²) < 4.78 is 0. The summed E-state index contributed by atoms with van der Waals surface area (Å²) in [5, 5.41) is 13.6. The van der Waals surface area contributed by atoms with E-state index in [0.29, 0.717) is 18.0 Å². The van der Waals surface area contributed by atoms with E-state index in [1.165, 1.54) is 18.2 Å². The van der Waals surface area contributed by atoms with Crippen molar-refractivity contribution in [1.82, 2.24) is 5.32 Å². The number of hydrogen-bond donors (Lipinski definition) is 2. The Morgan fingerprint density at radius 1 is 1.57 bits per heavy atom. The number of rotatable bonds is 6. The molecule has 6 heteroatoms. The summed E-state index contributed by atoms with van der Waals surface area (Å²) in [6, 6.07) is 6.13. The number of nitro benzene ring substituents is 1. The van der Waals surface area contributed by atoms with Gasteiger partial charge in [-0.1, -0.05) is 12.1 Å². The molecule has 112 valence electrons. The van der Waals surface area contributed by atoms with Crippen LogP contribution in [0.2, 0.25) is 0 Å². The molecule has 21 heavy (non-hydrogen) atoms. The Kier molecular flexibility index (Phi) is 4.37. The minimum absolute atomic E-state index is 0.00216. The van der Waals surface area contributed by atoms with Crippen LogP contribution < -0.4 is 11.1 Å².